The molecule has 0 spiro atoms. The van der Waals surface area contributed by atoms with Crippen LogP contribution in [-0.4, -0.2) is 213 Å². The number of hydrogen-bond acceptors (Lipinski definition) is 13. The zero-order chi connectivity index (χ0) is 35.0. The van der Waals surface area contributed by atoms with Crippen molar-refractivity contribution in [1.82, 2.24) is 24.9 Å². The lowest BCUT2D eigenvalue weighted by Crippen LogP contribution is -2.52. The van der Waals surface area contributed by atoms with Gasteiger partial charge in [-0.2, -0.15) is 0 Å². The Kier molecular flexibility index (Phi) is 22.5. The number of ether oxygens (including phenoxy) is 3. The van der Waals surface area contributed by atoms with Crippen molar-refractivity contribution in [1.29, 1.82) is 0 Å². The Morgan fingerprint density at radius 2 is 1.02 bits per heavy atom. The number of carbonyl (C=O) groups excluding carboxylic acids is 1. The number of amides is 1. The van der Waals surface area contributed by atoms with Gasteiger partial charge in [0.15, 0.2) is 0 Å². The summed E-state index contributed by atoms with van der Waals surface area (Å²) in [5.41, 5.74) is 0. The lowest BCUT2D eigenvalue weighted by Gasteiger charge is -2.35. The van der Waals surface area contributed by atoms with Crippen LogP contribution >= 0.6 is 0 Å². The van der Waals surface area contributed by atoms with Gasteiger partial charge in [0.1, 0.15) is 13.9 Å². The maximum Gasteiger partial charge on any atom is 0.320 e. The molecule has 268 valence electrons. The number of carbonyl (C=O) groups is 5. The maximum atomic E-state index is 12.5. The van der Waals surface area contributed by atoms with Crippen molar-refractivity contribution in [3.05, 3.63) is 0 Å². The highest BCUT2D eigenvalue weighted by atomic mass is 16.5. The number of rotatable bonds is 23. The highest BCUT2D eigenvalue weighted by molar-refractivity contribution is 6.10. The number of aliphatic carboxylic acids is 4. The smallest absolute Gasteiger partial charge is 0.320 e. The lowest BCUT2D eigenvalue weighted by molar-refractivity contribution is -0.145. The summed E-state index contributed by atoms with van der Waals surface area (Å²) in [6, 6.07) is -2.00. The molecule has 0 bridgehead atoms. The van der Waals surface area contributed by atoms with Gasteiger partial charge in [-0.25, -0.2) is 0 Å². The normalized spacial score (nSPS) is 17.6. The van der Waals surface area contributed by atoms with Crippen LogP contribution in [0.1, 0.15) is 19.3 Å². The van der Waals surface area contributed by atoms with Crippen LogP contribution in [0.3, 0.4) is 0 Å². The molecule has 1 amide bonds. The van der Waals surface area contributed by atoms with E-state index in [4.69, 9.17) is 27.2 Å². The Bertz CT molecular complexity index is 916. The third-order valence-electron chi connectivity index (χ3n) is 7.19. The largest absolute Gasteiger partial charge is 0.480 e. The van der Waals surface area contributed by atoms with Crippen molar-refractivity contribution in [3.8, 4) is 0 Å². The second-order valence-corrected chi connectivity index (χ2v) is 11.0. The highest BCUT2D eigenvalue weighted by Gasteiger charge is 2.28. The Morgan fingerprint density at radius 3 is 1.43 bits per heavy atom. The van der Waals surface area contributed by atoms with Crippen LogP contribution in [0.25, 0.3) is 0 Å². The van der Waals surface area contributed by atoms with Crippen molar-refractivity contribution in [2.45, 2.75) is 31.3 Å². The van der Waals surface area contributed by atoms with E-state index in [1.807, 2.05) is 0 Å². The number of carboxylic acids is 4. The molecule has 1 rings (SSSR count). The molecule has 0 aromatic heterocycles. The van der Waals surface area contributed by atoms with Crippen molar-refractivity contribution in [2.24, 2.45) is 0 Å². The average molecular weight is 676 g/mol. The standard InChI is InChI=1S/C28H50BN5O13/c29-23(35)3-13-45-15-17-47-18-16-46-14-4-30-24(36)2-1-22(28(43)44)34-11-9-32(20-26(39)40)7-5-31(19-25(37)38)6-8-33(10-12-34)21-27(41)42/h22-23,35H,1-21H2,(H,30,36)(H,37,38)(H,39,40)(H,41,42)(H,43,44). The summed E-state index contributed by atoms with van der Waals surface area (Å²) in [6.07, 6.45) is 0.203. The third-order valence-corrected chi connectivity index (χ3v) is 7.19. The fourth-order valence-corrected chi connectivity index (χ4v) is 4.74. The minimum absolute atomic E-state index is 0.0353. The van der Waals surface area contributed by atoms with Crippen molar-refractivity contribution in [3.63, 3.8) is 0 Å². The van der Waals surface area contributed by atoms with E-state index in [1.54, 1.807) is 19.6 Å². The number of aliphatic hydroxyl groups excluding tert-OH is 1. The average Bonchev–Trinajstić information content (AvgIpc) is 2.97. The van der Waals surface area contributed by atoms with Gasteiger partial charge in [0.2, 0.25) is 5.91 Å². The Balaban J connectivity index is 2.65. The lowest BCUT2D eigenvalue weighted by atomic mass is 9.98. The van der Waals surface area contributed by atoms with Crippen molar-refractivity contribution in [2.75, 3.05) is 118 Å². The molecule has 1 aliphatic heterocycles. The summed E-state index contributed by atoms with van der Waals surface area (Å²) >= 11 is 0. The molecule has 47 heavy (non-hydrogen) atoms. The van der Waals surface area contributed by atoms with E-state index in [1.165, 1.54) is 0 Å². The number of nitrogens with one attached hydrogen (secondary N) is 1. The zero-order valence-corrected chi connectivity index (χ0v) is 26.9. The summed E-state index contributed by atoms with van der Waals surface area (Å²) in [5, 5.41) is 49.8. The van der Waals surface area contributed by atoms with Gasteiger partial charge < -0.3 is 45.1 Å². The number of hydrogen-bond donors (Lipinski definition) is 6. The fraction of sp³-hybridized carbons (Fsp3) is 0.821. The van der Waals surface area contributed by atoms with Gasteiger partial charge in [-0.15, -0.1) is 0 Å². The van der Waals surface area contributed by atoms with E-state index in [9.17, 15) is 44.4 Å². The topological polar surface area (TPSA) is 239 Å². The molecule has 1 saturated heterocycles. The van der Waals surface area contributed by atoms with Gasteiger partial charge in [0.25, 0.3) is 0 Å². The molecule has 1 heterocycles. The first-order valence-corrected chi connectivity index (χ1v) is 15.6. The SMILES string of the molecule is [B]C(O)CCOCCOCCOCCNC(=O)CCC(C(=O)O)N1CCN(CC(=O)O)CCN(CC(=O)O)CCN(CC(=O)O)CC1. The van der Waals surface area contributed by atoms with Gasteiger partial charge in [0.05, 0.1) is 52.7 Å². The Morgan fingerprint density at radius 1 is 0.617 bits per heavy atom. The van der Waals surface area contributed by atoms with E-state index < -0.39 is 35.9 Å². The minimum Gasteiger partial charge on any atom is -0.480 e. The van der Waals surface area contributed by atoms with Crippen LogP contribution in [0.2, 0.25) is 0 Å². The monoisotopic (exact) mass is 675 g/mol. The van der Waals surface area contributed by atoms with Crippen LogP contribution in [0.4, 0.5) is 0 Å². The Hall–Kier alpha value is -2.91. The highest BCUT2D eigenvalue weighted by Crippen LogP contribution is 2.11. The quantitative estimate of drug-likeness (QED) is 0.0460. The van der Waals surface area contributed by atoms with E-state index in [0.29, 0.717) is 39.5 Å². The molecule has 0 aliphatic carbocycles. The van der Waals surface area contributed by atoms with E-state index >= 15 is 0 Å². The number of nitrogens with zero attached hydrogens (tertiary/aromatic N) is 4. The maximum absolute atomic E-state index is 12.5. The molecule has 1 aliphatic rings. The van der Waals surface area contributed by atoms with Gasteiger partial charge in [-0.3, -0.25) is 43.6 Å². The Labute approximate surface area is 275 Å². The van der Waals surface area contributed by atoms with Gasteiger partial charge in [-0.1, -0.05) is 0 Å². The summed E-state index contributed by atoms with van der Waals surface area (Å²) in [4.78, 5) is 65.6. The first kappa shape index (κ1) is 42.1. The molecule has 18 nitrogen and oxygen atoms in total. The number of aliphatic hydroxyl groups is 1. The second kappa shape index (κ2) is 25.2. The molecule has 0 aromatic rings. The van der Waals surface area contributed by atoms with Crippen LogP contribution in [0.5, 0.6) is 0 Å². The molecule has 2 radical (unpaired) electrons. The molecule has 19 heteroatoms. The molecule has 6 N–H and O–H groups in total. The van der Waals surface area contributed by atoms with Crippen LogP contribution in [0.15, 0.2) is 0 Å². The second-order valence-electron chi connectivity index (χ2n) is 11.0. The van der Waals surface area contributed by atoms with Crippen molar-refractivity contribution < 1.29 is 63.7 Å². The minimum atomic E-state index is -1.17. The summed E-state index contributed by atoms with van der Waals surface area (Å²) in [5.74, 6) is -4.78. The first-order valence-electron chi connectivity index (χ1n) is 15.6. The van der Waals surface area contributed by atoms with E-state index in [2.05, 4.69) is 5.32 Å². The summed E-state index contributed by atoms with van der Waals surface area (Å²) in [7, 11) is 5.21. The van der Waals surface area contributed by atoms with Gasteiger partial charge in [0, 0.05) is 77.9 Å². The van der Waals surface area contributed by atoms with Gasteiger partial charge in [-0.05, 0) is 12.8 Å². The van der Waals surface area contributed by atoms with E-state index in [-0.39, 0.29) is 104 Å². The predicted octanol–water partition coefficient (Wildman–Crippen LogP) is -3.26. The molecule has 2 atom stereocenters. The van der Waals surface area contributed by atoms with Crippen LogP contribution < -0.4 is 5.32 Å². The number of carboxylic acid groups (broad SMARTS) is 4. The predicted molar refractivity (Wildman–Crippen MR) is 166 cm³/mol. The van der Waals surface area contributed by atoms with E-state index in [0.717, 1.165) is 0 Å². The summed E-state index contributed by atoms with van der Waals surface area (Å²) < 4.78 is 16.0. The van der Waals surface area contributed by atoms with Crippen LogP contribution in [0, 0.1) is 0 Å². The molecular weight excluding hydrogens is 625 g/mol. The van der Waals surface area contributed by atoms with Crippen LogP contribution in [-0.2, 0) is 38.2 Å². The molecular formula is C28H50BN5O13. The first-order chi connectivity index (χ1) is 22.4. The molecule has 2 unspecified atom stereocenters. The zero-order valence-electron chi connectivity index (χ0n) is 26.9. The van der Waals surface area contributed by atoms with Gasteiger partial charge >= 0.3 is 23.9 Å². The third kappa shape index (κ3) is 22.3. The fourth-order valence-electron chi connectivity index (χ4n) is 4.74. The molecule has 0 aromatic carbocycles. The van der Waals surface area contributed by atoms with Crippen molar-refractivity contribution >= 4 is 37.6 Å². The molecule has 1 fully saturated rings. The summed E-state index contributed by atoms with van der Waals surface area (Å²) in [6.45, 7) is 2.55. The molecule has 0 saturated carbocycles.